The molecule has 0 radical (unpaired) electrons. The van der Waals surface area contributed by atoms with Crippen LogP contribution in [-0.4, -0.2) is 36.6 Å². The first-order chi connectivity index (χ1) is 10.2. The third-order valence-corrected chi connectivity index (χ3v) is 3.80. The van der Waals surface area contributed by atoms with E-state index in [1.54, 1.807) is 17.0 Å². The number of aromatic nitrogens is 4. The molecule has 106 valence electrons. The maximum absolute atomic E-state index is 10.7. The summed E-state index contributed by atoms with van der Waals surface area (Å²) in [5.41, 5.74) is 6.65. The summed E-state index contributed by atoms with van der Waals surface area (Å²) < 4.78 is 1.64. The fourth-order valence-corrected chi connectivity index (χ4v) is 2.69. The molecule has 0 spiro atoms. The molecule has 1 aromatic carbocycles. The topological polar surface area (TPSA) is 107 Å². The highest BCUT2D eigenvalue weighted by Crippen LogP contribution is 2.28. The molecule has 0 fully saturated rings. The van der Waals surface area contributed by atoms with E-state index in [4.69, 9.17) is 10.8 Å². The van der Waals surface area contributed by atoms with Crippen molar-refractivity contribution < 1.29 is 9.90 Å². The smallest absolute Gasteiger partial charge is 0.313 e. The number of nitrogens with zero attached hydrogens (tertiary/aromatic N) is 4. The van der Waals surface area contributed by atoms with Gasteiger partial charge in [0.05, 0.1) is 11.4 Å². The summed E-state index contributed by atoms with van der Waals surface area (Å²) in [6, 6.07) is 7.62. The minimum absolute atomic E-state index is 0.110. The number of rotatable bonds is 4. The molecule has 0 amide bonds. The number of carbonyl (C=O) groups is 1. The first kappa shape index (κ1) is 13.4. The van der Waals surface area contributed by atoms with Crippen molar-refractivity contribution >= 4 is 34.5 Å². The van der Waals surface area contributed by atoms with E-state index in [1.807, 2.05) is 24.3 Å². The maximum Gasteiger partial charge on any atom is 0.313 e. The van der Waals surface area contributed by atoms with E-state index in [0.29, 0.717) is 5.16 Å². The Morgan fingerprint density at radius 3 is 3.00 bits per heavy atom. The van der Waals surface area contributed by atoms with Crippen LogP contribution in [0.1, 0.15) is 0 Å². The van der Waals surface area contributed by atoms with Crippen molar-refractivity contribution in [2.45, 2.75) is 5.16 Å². The van der Waals surface area contributed by atoms with E-state index >= 15 is 0 Å². The van der Waals surface area contributed by atoms with Crippen molar-refractivity contribution in [1.29, 1.82) is 0 Å². The van der Waals surface area contributed by atoms with Gasteiger partial charge < -0.3 is 10.8 Å². The normalized spacial score (nSPS) is 10.9. The Hall–Kier alpha value is -2.61. The predicted octanol–water partition coefficient (Wildman–Crippen LogP) is 1.57. The quantitative estimate of drug-likeness (QED) is 0.704. The summed E-state index contributed by atoms with van der Waals surface area (Å²) in [4.78, 5) is 14.8. The minimum Gasteiger partial charge on any atom is -0.481 e. The van der Waals surface area contributed by atoms with Gasteiger partial charge in [0.2, 0.25) is 5.95 Å². The second-order valence-electron chi connectivity index (χ2n) is 4.23. The molecule has 3 aromatic rings. The Morgan fingerprint density at radius 1 is 1.33 bits per heavy atom. The Kier molecular flexibility index (Phi) is 3.44. The number of thioether (sulfide) groups is 1. The summed E-state index contributed by atoms with van der Waals surface area (Å²) in [7, 11) is 0. The highest BCUT2D eigenvalue weighted by atomic mass is 32.2. The van der Waals surface area contributed by atoms with E-state index in [9.17, 15) is 4.79 Å². The molecule has 3 N–H and O–H groups in total. The molecule has 0 aliphatic heterocycles. The van der Waals surface area contributed by atoms with E-state index < -0.39 is 5.97 Å². The molecule has 0 saturated carbocycles. The van der Waals surface area contributed by atoms with Crippen LogP contribution in [0.4, 0.5) is 5.95 Å². The molecule has 21 heavy (non-hydrogen) atoms. The molecule has 0 aliphatic rings. The van der Waals surface area contributed by atoms with Gasteiger partial charge in [0, 0.05) is 17.8 Å². The van der Waals surface area contributed by atoms with Crippen molar-refractivity contribution in [2.75, 3.05) is 11.5 Å². The third kappa shape index (κ3) is 2.52. The van der Waals surface area contributed by atoms with E-state index in [2.05, 4.69) is 15.2 Å². The van der Waals surface area contributed by atoms with E-state index in [0.717, 1.165) is 28.2 Å². The summed E-state index contributed by atoms with van der Waals surface area (Å²) in [6.45, 7) is 0. The van der Waals surface area contributed by atoms with Gasteiger partial charge in [-0.25, -0.2) is 0 Å². The van der Waals surface area contributed by atoms with Crippen molar-refractivity contribution in [3.8, 4) is 5.69 Å². The standard InChI is InChI=1S/C13H11N5O2S/c14-12-16-17-13(21-7-11(19)20)18(12)10-3-1-2-8-4-5-15-6-9(8)10/h1-6H,7H2,(H2,14,16)(H,19,20). The van der Waals surface area contributed by atoms with Gasteiger partial charge in [0.15, 0.2) is 5.16 Å². The number of hydrogen-bond acceptors (Lipinski definition) is 6. The number of carboxylic acid groups (broad SMARTS) is 1. The number of fused-ring (bicyclic) bond motifs is 1. The van der Waals surface area contributed by atoms with Crippen LogP contribution in [-0.2, 0) is 4.79 Å². The summed E-state index contributed by atoms with van der Waals surface area (Å²) >= 11 is 1.07. The second-order valence-corrected chi connectivity index (χ2v) is 5.18. The average molecular weight is 301 g/mol. The molecule has 3 rings (SSSR count). The van der Waals surface area contributed by atoms with Crippen LogP contribution >= 0.6 is 11.8 Å². The highest BCUT2D eigenvalue weighted by Gasteiger charge is 2.15. The number of hydrogen-bond donors (Lipinski definition) is 2. The molecule has 0 aliphatic carbocycles. The molecule has 2 heterocycles. The molecule has 0 unspecified atom stereocenters. The van der Waals surface area contributed by atoms with Crippen LogP contribution in [0.15, 0.2) is 41.8 Å². The molecule has 8 heteroatoms. The average Bonchev–Trinajstić information content (AvgIpc) is 2.85. The summed E-state index contributed by atoms with van der Waals surface area (Å²) in [5.74, 6) is -0.826. The van der Waals surface area contributed by atoms with E-state index in [1.165, 1.54) is 0 Å². The first-order valence-corrected chi connectivity index (χ1v) is 7.04. The zero-order valence-electron chi connectivity index (χ0n) is 10.8. The van der Waals surface area contributed by atoms with Gasteiger partial charge in [-0.3, -0.25) is 14.3 Å². The van der Waals surface area contributed by atoms with Crippen LogP contribution in [0, 0.1) is 0 Å². The number of nitrogen functional groups attached to an aromatic ring is 1. The molecule has 0 saturated heterocycles. The first-order valence-electron chi connectivity index (χ1n) is 6.05. The lowest BCUT2D eigenvalue weighted by atomic mass is 10.1. The monoisotopic (exact) mass is 301 g/mol. The molecule has 0 atom stereocenters. The van der Waals surface area contributed by atoms with Gasteiger partial charge >= 0.3 is 5.97 Å². The number of nitrogens with two attached hydrogens (primary N) is 1. The van der Waals surface area contributed by atoms with Crippen LogP contribution in [0.3, 0.4) is 0 Å². The number of benzene rings is 1. The highest BCUT2D eigenvalue weighted by molar-refractivity contribution is 7.99. The fraction of sp³-hybridized carbons (Fsp3) is 0.0769. The van der Waals surface area contributed by atoms with Gasteiger partial charge in [0.25, 0.3) is 0 Å². The number of anilines is 1. The minimum atomic E-state index is -0.923. The van der Waals surface area contributed by atoms with Crippen molar-refractivity contribution in [1.82, 2.24) is 19.7 Å². The predicted molar refractivity (Wildman–Crippen MR) is 79.4 cm³/mol. The Bertz CT molecular complexity index is 812. The lowest BCUT2D eigenvalue weighted by Gasteiger charge is -2.10. The van der Waals surface area contributed by atoms with Crippen LogP contribution in [0.25, 0.3) is 16.5 Å². The van der Waals surface area contributed by atoms with Gasteiger partial charge in [-0.2, -0.15) is 0 Å². The van der Waals surface area contributed by atoms with Crippen molar-refractivity contribution in [2.24, 2.45) is 0 Å². The SMILES string of the molecule is Nc1nnc(SCC(=O)O)n1-c1cccc2ccncc12. The molecule has 0 bridgehead atoms. The van der Waals surface area contributed by atoms with Gasteiger partial charge in [-0.05, 0) is 17.5 Å². The fourth-order valence-electron chi connectivity index (χ4n) is 2.02. The summed E-state index contributed by atoms with van der Waals surface area (Å²) in [6.07, 6.45) is 3.44. The largest absolute Gasteiger partial charge is 0.481 e. The zero-order chi connectivity index (χ0) is 14.8. The Morgan fingerprint density at radius 2 is 2.19 bits per heavy atom. The molecular weight excluding hydrogens is 290 g/mol. The lowest BCUT2D eigenvalue weighted by Crippen LogP contribution is -2.05. The third-order valence-electron chi connectivity index (χ3n) is 2.88. The zero-order valence-corrected chi connectivity index (χ0v) is 11.6. The Balaban J connectivity index is 2.14. The van der Waals surface area contributed by atoms with Gasteiger partial charge in [0.1, 0.15) is 0 Å². The second kappa shape index (κ2) is 5.41. The summed E-state index contributed by atoms with van der Waals surface area (Å²) in [5, 5.41) is 18.9. The maximum atomic E-state index is 10.7. The van der Waals surface area contributed by atoms with Crippen LogP contribution < -0.4 is 5.73 Å². The lowest BCUT2D eigenvalue weighted by molar-refractivity contribution is -0.133. The molecule has 2 aromatic heterocycles. The number of pyridine rings is 1. The number of carboxylic acids is 1. The van der Waals surface area contributed by atoms with E-state index in [-0.39, 0.29) is 11.7 Å². The van der Waals surface area contributed by atoms with Gasteiger partial charge in [-0.15, -0.1) is 10.2 Å². The van der Waals surface area contributed by atoms with Crippen LogP contribution in [0.2, 0.25) is 0 Å². The van der Waals surface area contributed by atoms with Crippen LogP contribution in [0.5, 0.6) is 0 Å². The van der Waals surface area contributed by atoms with Crippen molar-refractivity contribution in [3.63, 3.8) is 0 Å². The Labute approximate surface area is 123 Å². The van der Waals surface area contributed by atoms with Gasteiger partial charge in [-0.1, -0.05) is 23.9 Å². The number of aliphatic carboxylic acids is 1. The van der Waals surface area contributed by atoms with Crippen molar-refractivity contribution in [3.05, 3.63) is 36.7 Å². The molecular formula is C13H11N5O2S. The molecule has 7 nitrogen and oxygen atoms in total.